The third-order valence-electron chi connectivity index (χ3n) is 3.35. The Kier molecular flexibility index (Phi) is 3.52. The maximum atomic E-state index is 11.9. The van der Waals surface area contributed by atoms with E-state index >= 15 is 0 Å². The smallest absolute Gasteiger partial charge is 0.251 e. The first kappa shape index (κ1) is 13.8. The van der Waals surface area contributed by atoms with Crippen molar-refractivity contribution < 1.29 is 9.59 Å². The molecule has 0 saturated carbocycles. The molecule has 19 heavy (non-hydrogen) atoms. The molecule has 6 heteroatoms. The predicted molar refractivity (Wildman–Crippen MR) is 73.9 cm³/mol. The fraction of sp³-hybridized carbons (Fsp3) is 0.385. The van der Waals surface area contributed by atoms with Crippen molar-refractivity contribution in [2.45, 2.75) is 25.9 Å². The molecule has 1 aliphatic rings. The van der Waals surface area contributed by atoms with Gasteiger partial charge < -0.3 is 10.6 Å². The molecule has 3 N–H and O–H groups in total. The Balaban J connectivity index is 2.41. The molecule has 1 aromatic carbocycles. The number of carbonyl (C=O) groups excluding carboxylic acids is 2. The van der Waals surface area contributed by atoms with Gasteiger partial charge in [0.05, 0.1) is 6.54 Å². The van der Waals surface area contributed by atoms with Gasteiger partial charge in [0.25, 0.3) is 5.91 Å². The highest BCUT2D eigenvalue weighted by atomic mass is 35.5. The Labute approximate surface area is 116 Å². The van der Waals surface area contributed by atoms with Crippen LogP contribution in [0.15, 0.2) is 18.2 Å². The van der Waals surface area contributed by atoms with Crippen LogP contribution in [0.2, 0.25) is 5.02 Å². The molecule has 1 heterocycles. The first-order valence-corrected chi connectivity index (χ1v) is 6.34. The third-order valence-corrected chi connectivity index (χ3v) is 3.71. The quantitative estimate of drug-likeness (QED) is 0.794. The molecule has 5 nitrogen and oxygen atoms in total. The fourth-order valence-electron chi connectivity index (χ4n) is 2.07. The van der Waals surface area contributed by atoms with Crippen molar-refractivity contribution in [3.63, 3.8) is 0 Å². The molecule has 0 bridgehead atoms. The molecular formula is C13H16ClN3O2. The molecule has 0 unspecified atom stereocenters. The first-order chi connectivity index (χ1) is 8.86. The number of hydrogen-bond acceptors (Lipinski definition) is 4. The van der Waals surface area contributed by atoms with Crippen molar-refractivity contribution in [3.05, 3.63) is 28.8 Å². The van der Waals surface area contributed by atoms with Crippen LogP contribution < -0.4 is 16.0 Å². The van der Waals surface area contributed by atoms with E-state index in [1.165, 1.54) is 0 Å². The molecule has 0 radical (unpaired) electrons. The standard InChI is InChI=1S/C13H16ClN3O2/c1-13(2)12(19)16-11(18)7-17(13)9-4-3-8(6-15)10(14)5-9/h3-5H,6-7,15H2,1-2H3,(H,16,18,19). The van der Waals surface area contributed by atoms with Crippen LogP contribution in [0.1, 0.15) is 19.4 Å². The van der Waals surface area contributed by atoms with Crippen LogP contribution in [0.25, 0.3) is 0 Å². The van der Waals surface area contributed by atoms with E-state index in [1.807, 2.05) is 12.1 Å². The minimum atomic E-state index is -0.804. The lowest BCUT2D eigenvalue weighted by molar-refractivity contribution is -0.135. The molecule has 2 amide bonds. The van der Waals surface area contributed by atoms with Gasteiger partial charge in [-0.25, -0.2) is 0 Å². The van der Waals surface area contributed by atoms with Gasteiger partial charge in [-0.15, -0.1) is 0 Å². The van der Waals surface area contributed by atoms with Crippen molar-refractivity contribution in [2.24, 2.45) is 5.73 Å². The molecule has 1 aliphatic heterocycles. The Hall–Kier alpha value is -1.59. The van der Waals surface area contributed by atoms with Crippen molar-refractivity contribution >= 4 is 29.1 Å². The topological polar surface area (TPSA) is 75.4 Å². The van der Waals surface area contributed by atoms with Gasteiger partial charge in [-0.3, -0.25) is 14.9 Å². The lowest BCUT2D eigenvalue weighted by Crippen LogP contribution is -2.64. The zero-order valence-corrected chi connectivity index (χ0v) is 11.6. The van der Waals surface area contributed by atoms with Gasteiger partial charge in [0.1, 0.15) is 5.54 Å². The minimum absolute atomic E-state index is 0.122. The molecular weight excluding hydrogens is 266 g/mol. The van der Waals surface area contributed by atoms with Gasteiger partial charge in [-0.2, -0.15) is 0 Å². The van der Waals surface area contributed by atoms with E-state index in [2.05, 4.69) is 5.32 Å². The molecule has 1 fully saturated rings. The molecule has 0 aliphatic carbocycles. The van der Waals surface area contributed by atoms with Crippen LogP contribution in [0.3, 0.4) is 0 Å². The molecule has 0 atom stereocenters. The molecule has 1 saturated heterocycles. The van der Waals surface area contributed by atoms with Crippen molar-refractivity contribution in [3.8, 4) is 0 Å². The van der Waals surface area contributed by atoms with Gasteiger partial charge >= 0.3 is 0 Å². The Morgan fingerprint density at radius 3 is 2.68 bits per heavy atom. The number of imide groups is 1. The summed E-state index contributed by atoms with van der Waals surface area (Å²) in [6.45, 7) is 4.00. The number of carbonyl (C=O) groups is 2. The SMILES string of the molecule is CC1(C)C(=O)NC(=O)CN1c1ccc(CN)c(Cl)c1. The minimum Gasteiger partial charge on any atom is -0.348 e. The number of piperazine rings is 1. The van der Waals surface area contributed by atoms with Crippen LogP contribution in [0.5, 0.6) is 0 Å². The molecule has 0 spiro atoms. The number of nitrogens with two attached hydrogens (primary N) is 1. The highest BCUT2D eigenvalue weighted by Crippen LogP contribution is 2.30. The first-order valence-electron chi connectivity index (χ1n) is 5.96. The number of amides is 2. The van der Waals surface area contributed by atoms with Crippen LogP contribution in [-0.4, -0.2) is 23.9 Å². The number of halogens is 1. The average molecular weight is 282 g/mol. The zero-order chi connectivity index (χ0) is 14.2. The lowest BCUT2D eigenvalue weighted by Gasteiger charge is -2.41. The largest absolute Gasteiger partial charge is 0.348 e. The van der Waals surface area contributed by atoms with Crippen molar-refractivity contribution in [1.29, 1.82) is 0 Å². The van der Waals surface area contributed by atoms with Gasteiger partial charge in [0.15, 0.2) is 0 Å². The maximum absolute atomic E-state index is 11.9. The van der Waals surface area contributed by atoms with Crippen LogP contribution in [0, 0.1) is 0 Å². The summed E-state index contributed by atoms with van der Waals surface area (Å²) in [7, 11) is 0. The van der Waals surface area contributed by atoms with Gasteiger partial charge in [0.2, 0.25) is 5.91 Å². The second-order valence-electron chi connectivity index (χ2n) is 5.00. The number of nitrogens with one attached hydrogen (secondary N) is 1. The van der Waals surface area contributed by atoms with Crippen molar-refractivity contribution in [1.82, 2.24) is 5.32 Å². The van der Waals surface area contributed by atoms with Crippen molar-refractivity contribution in [2.75, 3.05) is 11.4 Å². The van der Waals surface area contributed by atoms with Crippen LogP contribution in [0.4, 0.5) is 5.69 Å². The summed E-state index contributed by atoms with van der Waals surface area (Å²) >= 11 is 6.12. The summed E-state index contributed by atoms with van der Waals surface area (Å²) in [5.74, 6) is -0.633. The van der Waals surface area contributed by atoms with Crippen LogP contribution in [-0.2, 0) is 16.1 Å². The van der Waals surface area contributed by atoms with Gasteiger partial charge in [0, 0.05) is 17.3 Å². The number of rotatable bonds is 2. The van der Waals surface area contributed by atoms with Gasteiger partial charge in [-0.1, -0.05) is 17.7 Å². The number of nitrogens with zero attached hydrogens (tertiary/aromatic N) is 1. The highest BCUT2D eigenvalue weighted by molar-refractivity contribution is 6.31. The third kappa shape index (κ3) is 2.43. The normalized spacial score (nSPS) is 18.4. The Bertz CT molecular complexity index is 543. The summed E-state index contributed by atoms with van der Waals surface area (Å²) in [5.41, 5.74) is 6.32. The molecule has 2 rings (SSSR count). The Morgan fingerprint density at radius 2 is 2.11 bits per heavy atom. The Morgan fingerprint density at radius 1 is 1.42 bits per heavy atom. The van der Waals surface area contributed by atoms with Crippen LogP contribution >= 0.6 is 11.6 Å². The van der Waals surface area contributed by atoms with E-state index in [1.54, 1.807) is 24.8 Å². The van der Waals surface area contributed by atoms with E-state index in [9.17, 15) is 9.59 Å². The summed E-state index contributed by atoms with van der Waals surface area (Å²) in [4.78, 5) is 25.2. The molecule has 0 aromatic heterocycles. The lowest BCUT2D eigenvalue weighted by atomic mass is 9.97. The number of benzene rings is 1. The zero-order valence-electron chi connectivity index (χ0n) is 10.9. The van der Waals surface area contributed by atoms with E-state index in [4.69, 9.17) is 17.3 Å². The fourth-order valence-corrected chi connectivity index (χ4v) is 2.32. The second-order valence-corrected chi connectivity index (χ2v) is 5.41. The van der Waals surface area contributed by atoms with E-state index in [0.29, 0.717) is 11.6 Å². The summed E-state index contributed by atoms with van der Waals surface area (Å²) in [5, 5.41) is 2.87. The summed E-state index contributed by atoms with van der Waals surface area (Å²) in [6, 6.07) is 5.36. The summed E-state index contributed by atoms with van der Waals surface area (Å²) in [6.07, 6.45) is 0. The predicted octanol–water partition coefficient (Wildman–Crippen LogP) is 1.04. The second kappa shape index (κ2) is 4.83. The molecule has 102 valence electrons. The molecule has 1 aromatic rings. The maximum Gasteiger partial charge on any atom is 0.251 e. The highest BCUT2D eigenvalue weighted by Gasteiger charge is 2.41. The number of hydrogen-bond donors (Lipinski definition) is 2. The van der Waals surface area contributed by atoms with Gasteiger partial charge in [-0.05, 0) is 31.5 Å². The summed E-state index contributed by atoms with van der Waals surface area (Å²) < 4.78 is 0. The monoisotopic (exact) mass is 281 g/mol. The van der Waals surface area contributed by atoms with E-state index in [-0.39, 0.29) is 18.4 Å². The van der Waals surface area contributed by atoms with E-state index in [0.717, 1.165) is 11.3 Å². The number of anilines is 1. The van der Waals surface area contributed by atoms with E-state index < -0.39 is 5.54 Å². The average Bonchev–Trinajstić information content (AvgIpc) is 2.34.